The van der Waals surface area contributed by atoms with Crippen molar-refractivity contribution in [2.45, 2.75) is 11.3 Å². The Labute approximate surface area is 159 Å². The Morgan fingerprint density at radius 1 is 1.00 bits per heavy atom. The van der Waals surface area contributed by atoms with Crippen molar-refractivity contribution >= 4 is 16.0 Å². The molecule has 8 heteroatoms. The van der Waals surface area contributed by atoms with Gasteiger partial charge in [0.15, 0.2) is 0 Å². The summed E-state index contributed by atoms with van der Waals surface area (Å²) in [6, 6.07) is 11.6. The zero-order valence-electron chi connectivity index (χ0n) is 15.8. The monoisotopic (exact) mass is 393 g/mol. The van der Waals surface area contributed by atoms with Crippen LogP contribution >= 0.6 is 0 Å². The molecule has 0 heterocycles. The molecule has 0 spiro atoms. The zero-order chi connectivity index (χ0) is 20.0. The number of ether oxygens (including phenoxy) is 3. The Bertz CT molecular complexity index is 891. The Balaban J connectivity index is 2.09. The largest absolute Gasteiger partial charge is 0.497 e. The van der Waals surface area contributed by atoms with Gasteiger partial charge in [-0.15, -0.1) is 0 Å². The average Bonchev–Trinajstić information content (AvgIpc) is 2.67. The summed E-state index contributed by atoms with van der Waals surface area (Å²) >= 11 is 0. The summed E-state index contributed by atoms with van der Waals surface area (Å²) in [5.74, 6) is 0.323. The van der Waals surface area contributed by atoms with Crippen LogP contribution in [0.15, 0.2) is 47.4 Å². The van der Waals surface area contributed by atoms with Crippen molar-refractivity contribution in [3.8, 4) is 11.5 Å². The van der Waals surface area contributed by atoms with Crippen LogP contribution in [0.2, 0.25) is 0 Å². The van der Waals surface area contributed by atoms with Gasteiger partial charge in [-0.1, -0.05) is 12.1 Å². The number of hydrogen-bond donors (Lipinski definition) is 0. The van der Waals surface area contributed by atoms with E-state index in [1.165, 1.54) is 39.4 Å². The van der Waals surface area contributed by atoms with Crippen molar-refractivity contribution < 1.29 is 27.4 Å². The summed E-state index contributed by atoms with van der Waals surface area (Å²) in [4.78, 5) is 12.2. The molecule has 146 valence electrons. The molecule has 0 radical (unpaired) electrons. The fourth-order valence-corrected chi connectivity index (χ4v) is 3.41. The molecule has 0 aliphatic rings. The number of methoxy groups -OCH3 is 2. The highest BCUT2D eigenvalue weighted by Crippen LogP contribution is 2.27. The number of nitrogens with zero attached hydrogens (tertiary/aromatic N) is 1. The van der Waals surface area contributed by atoms with E-state index in [2.05, 4.69) is 0 Å². The normalized spacial score (nSPS) is 11.3. The molecular formula is C19H23NO6S. The van der Waals surface area contributed by atoms with E-state index in [0.29, 0.717) is 6.42 Å². The van der Waals surface area contributed by atoms with E-state index >= 15 is 0 Å². The minimum Gasteiger partial charge on any atom is -0.497 e. The summed E-state index contributed by atoms with van der Waals surface area (Å²) in [5, 5.41) is 0. The molecule has 0 bridgehead atoms. The molecule has 0 aliphatic heterocycles. The van der Waals surface area contributed by atoms with Gasteiger partial charge in [0.05, 0.1) is 26.4 Å². The quantitative estimate of drug-likeness (QED) is 0.641. The SMILES string of the molecule is COc1ccc(CCOC(=O)c2ccc(OC)c(S(=O)(=O)N(C)C)c2)cc1. The van der Waals surface area contributed by atoms with Crippen LogP contribution in [0.25, 0.3) is 0 Å². The summed E-state index contributed by atoms with van der Waals surface area (Å²) in [6.45, 7) is 0.174. The van der Waals surface area contributed by atoms with Gasteiger partial charge in [0.1, 0.15) is 16.4 Å². The Hall–Kier alpha value is -2.58. The molecule has 2 aromatic carbocycles. The first-order chi connectivity index (χ1) is 12.8. The van der Waals surface area contributed by atoms with E-state index in [4.69, 9.17) is 14.2 Å². The van der Waals surface area contributed by atoms with Gasteiger partial charge >= 0.3 is 5.97 Å². The molecular weight excluding hydrogens is 370 g/mol. The highest BCUT2D eigenvalue weighted by molar-refractivity contribution is 7.89. The molecule has 7 nitrogen and oxygen atoms in total. The first-order valence-electron chi connectivity index (χ1n) is 8.20. The number of hydrogen-bond acceptors (Lipinski definition) is 6. The van der Waals surface area contributed by atoms with Crippen LogP contribution in [0.5, 0.6) is 11.5 Å². The van der Waals surface area contributed by atoms with Crippen LogP contribution in [0, 0.1) is 0 Å². The maximum atomic E-state index is 12.4. The highest BCUT2D eigenvalue weighted by Gasteiger charge is 2.24. The predicted octanol–water partition coefficient (Wildman–Crippen LogP) is 2.35. The number of sulfonamides is 1. The summed E-state index contributed by atoms with van der Waals surface area (Å²) in [6.07, 6.45) is 0.536. The predicted molar refractivity (Wildman–Crippen MR) is 101 cm³/mol. The lowest BCUT2D eigenvalue weighted by Crippen LogP contribution is -2.23. The van der Waals surface area contributed by atoms with Gasteiger partial charge in [0.2, 0.25) is 10.0 Å². The van der Waals surface area contributed by atoms with Crippen LogP contribution < -0.4 is 9.47 Å². The van der Waals surface area contributed by atoms with Crippen molar-refractivity contribution in [2.75, 3.05) is 34.9 Å². The van der Waals surface area contributed by atoms with Crippen LogP contribution in [0.4, 0.5) is 0 Å². The third-order valence-corrected chi connectivity index (χ3v) is 5.78. The average molecular weight is 393 g/mol. The van der Waals surface area contributed by atoms with Gasteiger partial charge in [-0.25, -0.2) is 17.5 Å². The summed E-state index contributed by atoms with van der Waals surface area (Å²) < 4.78 is 41.4. The molecule has 0 unspecified atom stereocenters. The first kappa shape index (κ1) is 20.7. The number of carbonyl (C=O) groups is 1. The summed E-state index contributed by atoms with van der Waals surface area (Å²) in [7, 11) is 2.03. The van der Waals surface area contributed by atoms with Crippen molar-refractivity contribution in [3.05, 3.63) is 53.6 Å². The molecule has 0 amide bonds. The molecule has 0 aliphatic carbocycles. The number of carbonyl (C=O) groups excluding carboxylic acids is 1. The molecule has 2 aromatic rings. The number of rotatable bonds is 8. The Kier molecular flexibility index (Phi) is 6.81. The molecule has 0 atom stereocenters. The van der Waals surface area contributed by atoms with Crippen LogP contribution in [0.1, 0.15) is 15.9 Å². The second-order valence-corrected chi connectivity index (χ2v) is 8.01. The minimum absolute atomic E-state index is 0.0837. The minimum atomic E-state index is -3.76. The van der Waals surface area contributed by atoms with Gasteiger partial charge < -0.3 is 14.2 Å². The molecule has 2 rings (SSSR count). The molecule has 0 saturated heterocycles. The number of esters is 1. The lowest BCUT2D eigenvalue weighted by molar-refractivity contribution is 0.0509. The Morgan fingerprint density at radius 3 is 2.22 bits per heavy atom. The van der Waals surface area contributed by atoms with Crippen LogP contribution in [-0.4, -0.2) is 53.6 Å². The number of benzene rings is 2. The van der Waals surface area contributed by atoms with Crippen LogP contribution in [-0.2, 0) is 21.2 Å². The maximum Gasteiger partial charge on any atom is 0.338 e. The molecule has 0 saturated carbocycles. The van der Waals surface area contributed by atoms with Gasteiger partial charge in [0, 0.05) is 20.5 Å². The standard InChI is InChI=1S/C19H23NO6S/c1-20(2)27(22,23)18-13-15(7-10-17(18)25-4)19(21)26-12-11-14-5-8-16(24-3)9-6-14/h5-10,13H,11-12H2,1-4H3. The molecule has 27 heavy (non-hydrogen) atoms. The summed E-state index contributed by atoms with van der Waals surface area (Å²) in [5.41, 5.74) is 1.14. The van der Waals surface area contributed by atoms with Crippen molar-refractivity contribution in [1.29, 1.82) is 0 Å². The lowest BCUT2D eigenvalue weighted by Gasteiger charge is -2.15. The fourth-order valence-electron chi connectivity index (χ4n) is 2.34. The molecule has 0 fully saturated rings. The molecule has 0 N–H and O–H groups in total. The van der Waals surface area contributed by atoms with Crippen molar-refractivity contribution in [1.82, 2.24) is 4.31 Å². The van der Waals surface area contributed by atoms with Crippen molar-refractivity contribution in [3.63, 3.8) is 0 Å². The first-order valence-corrected chi connectivity index (χ1v) is 9.64. The lowest BCUT2D eigenvalue weighted by atomic mass is 10.1. The Morgan fingerprint density at radius 2 is 1.67 bits per heavy atom. The van der Waals surface area contributed by atoms with E-state index in [1.54, 1.807) is 7.11 Å². The van der Waals surface area contributed by atoms with Gasteiger partial charge in [-0.05, 0) is 35.9 Å². The van der Waals surface area contributed by atoms with E-state index < -0.39 is 16.0 Å². The topological polar surface area (TPSA) is 82.1 Å². The highest BCUT2D eigenvalue weighted by atomic mass is 32.2. The fraction of sp³-hybridized carbons (Fsp3) is 0.316. The third-order valence-electron chi connectivity index (χ3n) is 3.94. The van der Waals surface area contributed by atoms with E-state index in [9.17, 15) is 13.2 Å². The zero-order valence-corrected chi connectivity index (χ0v) is 16.6. The smallest absolute Gasteiger partial charge is 0.338 e. The van der Waals surface area contributed by atoms with Gasteiger partial charge in [-0.3, -0.25) is 0 Å². The van der Waals surface area contributed by atoms with Crippen LogP contribution in [0.3, 0.4) is 0 Å². The van der Waals surface area contributed by atoms with E-state index in [0.717, 1.165) is 15.6 Å². The second-order valence-electron chi connectivity index (χ2n) is 5.89. The van der Waals surface area contributed by atoms with Gasteiger partial charge in [-0.2, -0.15) is 0 Å². The van der Waals surface area contributed by atoms with E-state index in [-0.39, 0.29) is 22.8 Å². The second kappa shape index (κ2) is 8.88. The van der Waals surface area contributed by atoms with E-state index in [1.807, 2.05) is 24.3 Å². The maximum absolute atomic E-state index is 12.4. The van der Waals surface area contributed by atoms with Crippen molar-refractivity contribution in [2.24, 2.45) is 0 Å². The van der Waals surface area contributed by atoms with Gasteiger partial charge in [0.25, 0.3) is 0 Å². The third kappa shape index (κ3) is 4.99. The molecule has 0 aromatic heterocycles.